The first-order valence-electron chi connectivity index (χ1n) is 7.81. The minimum atomic E-state index is 0.819. The summed E-state index contributed by atoms with van der Waals surface area (Å²) in [7, 11) is 0. The summed E-state index contributed by atoms with van der Waals surface area (Å²) in [6.45, 7) is 10.6. The van der Waals surface area contributed by atoms with Gasteiger partial charge in [-0.05, 0) is 56.4 Å². The van der Waals surface area contributed by atoms with Gasteiger partial charge in [0.2, 0.25) is 0 Å². The summed E-state index contributed by atoms with van der Waals surface area (Å²) in [4.78, 5) is 0. The fourth-order valence-electron chi connectivity index (χ4n) is 3.17. The highest BCUT2D eigenvalue weighted by Gasteiger charge is 2.21. The van der Waals surface area contributed by atoms with Crippen LogP contribution in [0.1, 0.15) is 72.6 Å². The Morgan fingerprint density at radius 3 is 2.47 bits per heavy atom. The van der Waals surface area contributed by atoms with Gasteiger partial charge in [0, 0.05) is 6.04 Å². The standard InChI is InChI=1S/C16H33N/c1-13(2)7-6-10-17-16-9-5-8-15(12-16)11-14(3)4/h13-17H,5-12H2,1-4H3. The highest BCUT2D eigenvalue weighted by molar-refractivity contribution is 4.78. The Balaban J connectivity index is 2.12. The summed E-state index contributed by atoms with van der Waals surface area (Å²) < 4.78 is 0. The van der Waals surface area contributed by atoms with Gasteiger partial charge in [0.1, 0.15) is 0 Å². The minimum Gasteiger partial charge on any atom is -0.314 e. The molecule has 0 spiro atoms. The quantitative estimate of drug-likeness (QED) is 0.639. The molecule has 0 aromatic carbocycles. The molecule has 0 aromatic heterocycles. The van der Waals surface area contributed by atoms with Crippen LogP contribution in [0.15, 0.2) is 0 Å². The fraction of sp³-hybridized carbons (Fsp3) is 1.00. The maximum absolute atomic E-state index is 3.78. The molecule has 0 radical (unpaired) electrons. The molecule has 1 aliphatic rings. The zero-order chi connectivity index (χ0) is 12.7. The second-order valence-electron chi connectivity index (χ2n) is 6.85. The summed E-state index contributed by atoms with van der Waals surface area (Å²) >= 11 is 0. The average Bonchev–Trinajstić information content (AvgIpc) is 2.24. The Kier molecular flexibility index (Phi) is 7.18. The van der Waals surface area contributed by atoms with Crippen molar-refractivity contribution in [2.75, 3.05) is 6.54 Å². The van der Waals surface area contributed by atoms with Crippen molar-refractivity contribution in [1.82, 2.24) is 5.32 Å². The molecule has 0 bridgehead atoms. The van der Waals surface area contributed by atoms with Crippen LogP contribution in [0.3, 0.4) is 0 Å². The van der Waals surface area contributed by atoms with E-state index < -0.39 is 0 Å². The Labute approximate surface area is 109 Å². The van der Waals surface area contributed by atoms with Crippen LogP contribution in [-0.2, 0) is 0 Å². The van der Waals surface area contributed by atoms with Gasteiger partial charge in [-0.2, -0.15) is 0 Å². The number of hydrogen-bond acceptors (Lipinski definition) is 1. The lowest BCUT2D eigenvalue weighted by Gasteiger charge is -2.31. The zero-order valence-electron chi connectivity index (χ0n) is 12.5. The van der Waals surface area contributed by atoms with E-state index in [1.807, 2.05) is 0 Å². The lowest BCUT2D eigenvalue weighted by atomic mass is 9.81. The highest BCUT2D eigenvalue weighted by atomic mass is 14.9. The van der Waals surface area contributed by atoms with Crippen molar-refractivity contribution in [3.63, 3.8) is 0 Å². The van der Waals surface area contributed by atoms with Crippen molar-refractivity contribution >= 4 is 0 Å². The lowest BCUT2D eigenvalue weighted by molar-refractivity contribution is 0.252. The summed E-state index contributed by atoms with van der Waals surface area (Å²) in [5.41, 5.74) is 0. The highest BCUT2D eigenvalue weighted by Crippen LogP contribution is 2.29. The molecule has 1 nitrogen and oxygen atoms in total. The normalized spacial score (nSPS) is 25.8. The molecule has 0 amide bonds. The monoisotopic (exact) mass is 239 g/mol. The first-order chi connectivity index (χ1) is 8.08. The third-order valence-corrected chi connectivity index (χ3v) is 3.98. The molecule has 0 heterocycles. The van der Waals surface area contributed by atoms with Crippen molar-refractivity contribution < 1.29 is 0 Å². The van der Waals surface area contributed by atoms with Gasteiger partial charge in [-0.1, -0.05) is 40.5 Å². The van der Waals surface area contributed by atoms with E-state index in [2.05, 4.69) is 33.0 Å². The first kappa shape index (κ1) is 15.0. The van der Waals surface area contributed by atoms with Crippen LogP contribution < -0.4 is 5.32 Å². The fourth-order valence-corrected chi connectivity index (χ4v) is 3.17. The molecule has 1 saturated carbocycles. The van der Waals surface area contributed by atoms with Crippen molar-refractivity contribution in [1.29, 1.82) is 0 Å². The largest absolute Gasteiger partial charge is 0.314 e. The van der Waals surface area contributed by atoms with Gasteiger partial charge >= 0.3 is 0 Å². The Morgan fingerprint density at radius 2 is 1.82 bits per heavy atom. The SMILES string of the molecule is CC(C)CCCNC1CCCC(CC(C)C)C1. The van der Waals surface area contributed by atoms with Gasteiger partial charge in [-0.3, -0.25) is 0 Å². The van der Waals surface area contributed by atoms with E-state index in [0.717, 1.165) is 23.8 Å². The van der Waals surface area contributed by atoms with Crippen LogP contribution >= 0.6 is 0 Å². The van der Waals surface area contributed by atoms with E-state index in [9.17, 15) is 0 Å². The summed E-state index contributed by atoms with van der Waals surface area (Å²) in [5, 5.41) is 3.78. The first-order valence-corrected chi connectivity index (χ1v) is 7.81. The molecule has 102 valence electrons. The topological polar surface area (TPSA) is 12.0 Å². The molecular formula is C16H33N. The van der Waals surface area contributed by atoms with Crippen LogP contribution in [0, 0.1) is 17.8 Å². The number of rotatable bonds is 7. The molecule has 17 heavy (non-hydrogen) atoms. The Morgan fingerprint density at radius 1 is 1.06 bits per heavy atom. The minimum absolute atomic E-state index is 0.819. The van der Waals surface area contributed by atoms with Gasteiger partial charge in [0.25, 0.3) is 0 Å². The van der Waals surface area contributed by atoms with Gasteiger partial charge < -0.3 is 5.32 Å². The molecule has 2 atom stereocenters. The second-order valence-corrected chi connectivity index (χ2v) is 6.85. The van der Waals surface area contributed by atoms with Crippen LogP contribution in [0.25, 0.3) is 0 Å². The van der Waals surface area contributed by atoms with Crippen LogP contribution in [0.4, 0.5) is 0 Å². The molecule has 1 fully saturated rings. The third kappa shape index (κ3) is 7.08. The smallest absolute Gasteiger partial charge is 0.00697 e. The lowest BCUT2D eigenvalue weighted by Crippen LogP contribution is -2.35. The summed E-state index contributed by atoms with van der Waals surface area (Å²) in [5.74, 6) is 2.72. The van der Waals surface area contributed by atoms with Crippen molar-refractivity contribution in [3.8, 4) is 0 Å². The number of nitrogens with one attached hydrogen (secondary N) is 1. The van der Waals surface area contributed by atoms with E-state index >= 15 is 0 Å². The molecule has 2 unspecified atom stereocenters. The van der Waals surface area contributed by atoms with Crippen molar-refractivity contribution in [2.45, 2.75) is 78.7 Å². The third-order valence-electron chi connectivity index (χ3n) is 3.98. The van der Waals surface area contributed by atoms with E-state index in [0.29, 0.717) is 0 Å². The Bertz CT molecular complexity index is 186. The summed E-state index contributed by atoms with van der Waals surface area (Å²) in [6.07, 6.45) is 9.92. The predicted octanol–water partition coefficient (Wildman–Crippen LogP) is 4.62. The molecule has 1 heteroatoms. The molecule has 0 aliphatic heterocycles. The van der Waals surface area contributed by atoms with E-state index in [1.54, 1.807) is 0 Å². The van der Waals surface area contributed by atoms with Gasteiger partial charge in [-0.15, -0.1) is 0 Å². The molecule has 0 saturated heterocycles. The van der Waals surface area contributed by atoms with Gasteiger partial charge in [0.05, 0.1) is 0 Å². The van der Waals surface area contributed by atoms with Crippen LogP contribution in [0.5, 0.6) is 0 Å². The molecule has 1 rings (SSSR count). The zero-order valence-corrected chi connectivity index (χ0v) is 12.5. The maximum Gasteiger partial charge on any atom is 0.00697 e. The number of hydrogen-bond donors (Lipinski definition) is 1. The maximum atomic E-state index is 3.78. The van der Waals surface area contributed by atoms with E-state index in [1.165, 1.54) is 51.5 Å². The summed E-state index contributed by atoms with van der Waals surface area (Å²) in [6, 6.07) is 0.819. The van der Waals surface area contributed by atoms with Gasteiger partial charge in [-0.25, -0.2) is 0 Å². The van der Waals surface area contributed by atoms with Crippen molar-refractivity contribution in [3.05, 3.63) is 0 Å². The molecule has 1 N–H and O–H groups in total. The van der Waals surface area contributed by atoms with Crippen molar-refractivity contribution in [2.24, 2.45) is 17.8 Å². The average molecular weight is 239 g/mol. The molecular weight excluding hydrogens is 206 g/mol. The van der Waals surface area contributed by atoms with E-state index in [-0.39, 0.29) is 0 Å². The Hall–Kier alpha value is -0.0400. The predicted molar refractivity (Wildman–Crippen MR) is 77.3 cm³/mol. The molecule has 1 aliphatic carbocycles. The molecule has 0 aromatic rings. The van der Waals surface area contributed by atoms with E-state index in [4.69, 9.17) is 0 Å². The van der Waals surface area contributed by atoms with Crippen LogP contribution in [0.2, 0.25) is 0 Å². The second kappa shape index (κ2) is 8.13. The van der Waals surface area contributed by atoms with Gasteiger partial charge in [0.15, 0.2) is 0 Å². The van der Waals surface area contributed by atoms with Crippen LogP contribution in [-0.4, -0.2) is 12.6 Å².